The molecule has 0 N–H and O–H groups in total. The Labute approximate surface area is 154 Å². The molecule has 5 atom stereocenters. The Bertz CT molecular complexity index is 820. The lowest BCUT2D eigenvalue weighted by atomic mass is 9.52. The van der Waals surface area contributed by atoms with Crippen LogP contribution in [0.4, 0.5) is 39.5 Å². The Morgan fingerprint density at radius 1 is 0.846 bits per heavy atom. The lowest BCUT2D eigenvalue weighted by Crippen LogP contribution is -2.76. The third-order valence-electron chi connectivity index (χ3n) is 5.80. The molecule has 4 rings (SSSR count). The summed E-state index contributed by atoms with van der Waals surface area (Å²) in [5.41, 5.74) is -7.29. The molecule has 3 aliphatic rings. The van der Waals surface area contributed by atoms with Crippen molar-refractivity contribution in [3.63, 3.8) is 0 Å². The average Bonchev–Trinajstić information content (AvgIpc) is 3.17. The third-order valence-corrected chi connectivity index (χ3v) is 6.75. The predicted molar refractivity (Wildman–Crippen MR) is 79.4 cm³/mol. The maximum absolute atomic E-state index is 15.2. The van der Waals surface area contributed by atoms with Gasteiger partial charge in [0, 0.05) is 11.8 Å². The van der Waals surface area contributed by atoms with Crippen molar-refractivity contribution in [2.45, 2.75) is 23.9 Å². The number of fused-ring (bicyclic) bond motifs is 5. The van der Waals surface area contributed by atoms with Crippen LogP contribution >= 0.6 is 22.6 Å². The lowest BCUT2D eigenvalue weighted by molar-refractivity contribution is -0.373. The van der Waals surface area contributed by atoms with Crippen LogP contribution < -0.4 is 0 Å². The van der Waals surface area contributed by atoms with Crippen LogP contribution in [0.1, 0.15) is 12.0 Å². The molecule has 0 nitrogen and oxygen atoms in total. The van der Waals surface area contributed by atoms with Gasteiger partial charge in [0.2, 0.25) is 5.67 Å². The van der Waals surface area contributed by atoms with Gasteiger partial charge < -0.3 is 0 Å². The van der Waals surface area contributed by atoms with Crippen molar-refractivity contribution in [3.8, 4) is 0 Å². The van der Waals surface area contributed by atoms with Crippen molar-refractivity contribution < 1.29 is 39.5 Å². The molecule has 2 saturated carbocycles. The van der Waals surface area contributed by atoms with Crippen LogP contribution in [0.5, 0.6) is 0 Å². The van der Waals surface area contributed by atoms with E-state index >= 15 is 4.39 Å². The van der Waals surface area contributed by atoms with E-state index in [4.69, 9.17) is 0 Å². The minimum atomic E-state index is -5.48. The second kappa shape index (κ2) is 5.11. The molecule has 2 fully saturated rings. The summed E-state index contributed by atoms with van der Waals surface area (Å²) in [6, 6.07) is 0. The smallest absolute Gasteiger partial charge is 0.230 e. The van der Waals surface area contributed by atoms with Gasteiger partial charge in [-0.1, -0.05) is 12.2 Å². The second-order valence-electron chi connectivity index (χ2n) is 6.85. The highest BCUT2D eigenvalue weighted by molar-refractivity contribution is 14.1. The fourth-order valence-corrected chi connectivity index (χ4v) is 5.18. The van der Waals surface area contributed by atoms with Crippen LogP contribution in [0.2, 0.25) is 0 Å². The molecule has 0 amide bonds. The maximum Gasteiger partial charge on any atom is 0.318 e. The largest absolute Gasteiger partial charge is 0.318 e. The number of alkyl halides is 5. The number of allylic oxidation sites excluding steroid dienone is 2. The molecule has 0 heterocycles. The summed E-state index contributed by atoms with van der Waals surface area (Å²) in [6.45, 7) is 0. The molecule has 1 aromatic carbocycles. The van der Waals surface area contributed by atoms with E-state index in [0.717, 1.165) is 22.6 Å². The highest BCUT2D eigenvalue weighted by atomic mass is 127. The lowest BCUT2D eigenvalue weighted by Gasteiger charge is -2.58. The van der Waals surface area contributed by atoms with Gasteiger partial charge in [-0.05, 0) is 40.8 Å². The van der Waals surface area contributed by atoms with E-state index in [9.17, 15) is 35.1 Å². The summed E-state index contributed by atoms with van der Waals surface area (Å²) in [6.07, 6.45) is 2.71. The number of benzene rings is 1. The molecular weight excluding hydrogens is 490 g/mol. The van der Waals surface area contributed by atoms with Gasteiger partial charge in [0.25, 0.3) is 5.92 Å². The second-order valence-corrected chi connectivity index (χ2v) is 7.93. The Hall–Kier alpha value is -0.940. The van der Waals surface area contributed by atoms with Crippen LogP contribution in [-0.2, 0) is 5.92 Å². The molecule has 0 saturated heterocycles. The highest BCUT2D eigenvalue weighted by Gasteiger charge is 2.89. The molecule has 10 heteroatoms. The van der Waals surface area contributed by atoms with Crippen molar-refractivity contribution in [1.82, 2.24) is 0 Å². The Kier molecular flexibility index (Phi) is 3.62. The van der Waals surface area contributed by atoms with E-state index in [1.807, 2.05) is 0 Å². The molecule has 3 aliphatic carbocycles. The standard InChI is InChI=1S/C16H8F9I/c17-9-8(10(18)12(20)13(26)11(9)19)16(24,25)14(21)6-4-1-2-5(3-4)7(6)15(14,22)23/h1-2,4-7H,3H2. The van der Waals surface area contributed by atoms with Gasteiger partial charge in [0.05, 0.1) is 3.57 Å². The summed E-state index contributed by atoms with van der Waals surface area (Å²) in [5.74, 6) is -25.0. The van der Waals surface area contributed by atoms with Crippen LogP contribution in [0, 0.1) is 50.5 Å². The molecule has 1 aromatic rings. The van der Waals surface area contributed by atoms with Crippen molar-refractivity contribution in [2.24, 2.45) is 23.7 Å². The van der Waals surface area contributed by atoms with Gasteiger partial charge >= 0.3 is 5.92 Å². The topological polar surface area (TPSA) is 0 Å². The Balaban J connectivity index is 1.92. The molecule has 0 radical (unpaired) electrons. The number of hydrogen-bond donors (Lipinski definition) is 0. The quantitative estimate of drug-likeness (QED) is 0.161. The van der Waals surface area contributed by atoms with Crippen LogP contribution in [-0.4, -0.2) is 11.6 Å². The van der Waals surface area contributed by atoms with Gasteiger partial charge in [-0.15, -0.1) is 0 Å². The monoisotopic (exact) mass is 498 g/mol. The summed E-state index contributed by atoms with van der Waals surface area (Å²) in [7, 11) is 0. The van der Waals surface area contributed by atoms with Gasteiger partial charge in [0.1, 0.15) is 5.56 Å². The first kappa shape index (κ1) is 18.4. The van der Waals surface area contributed by atoms with E-state index in [2.05, 4.69) is 0 Å². The molecule has 5 unspecified atom stereocenters. The molecule has 0 aliphatic heterocycles. The first-order valence-corrected chi connectivity index (χ1v) is 8.61. The summed E-state index contributed by atoms with van der Waals surface area (Å²) < 4.78 is 127. The van der Waals surface area contributed by atoms with Crippen molar-refractivity contribution in [1.29, 1.82) is 0 Å². The zero-order valence-electron chi connectivity index (χ0n) is 12.5. The third kappa shape index (κ3) is 1.75. The molecule has 142 valence electrons. The zero-order valence-corrected chi connectivity index (χ0v) is 14.6. The summed E-state index contributed by atoms with van der Waals surface area (Å²) in [4.78, 5) is 0. The summed E-state index contributed by atoms with van der Waals surface area (Å²) >= 11 is 0.830. The van der Waals surface area contributed by atoms with Gasteiger partial charge in [-0.3, -0.25) is 0 Å². The Morgan fingerprint density at radius 2 is 1.31 bits per heavy atom. The molecule has 0 spiro atoms. The van der Waals surface area contributed by atoms with Crippen LogP contribution in [0.25, 0.3) is 0 Å². The molecular formula is C16H8F9I. The van der Waals surface area contributed by atoms with E-state index in [1.54, 1.807) is 0 Å². The average molecular weight is 498 g/mol. The minimum absolute atomic E-state index is 0.0209. The molecule has 0 aromatic heterocycles. The normalized spacial score (nSPS) is 37.0. The Morgan fingerprint density at radius 3 is 1.81 bits per heavy atom. The first-order chi connectivity index (χ1) is 11.9. The van der Waals surface area contributed by atoms with Gasteiger partial charge in [-0.2, -0.15) is 8.78 Å². The fraction of sp³-hybridized carbons (Fsp3) is 0.500. The summed E-state index contributed by atoms with van der Waals surface area (Å²) in [5, 5.41) is 0. The van der Waals surface area contributed by atoms with E-state index in [0.29, 0.717) is 0 Å². The number of hydrogen-bond acceptors (Lipinski definition) is 0. The highest BCUT2D eigenvalue weighted by Crippen LogP contribution is 2.76. The van der Waals surface area contributed by atoms with Gasteiger partial charge in [0.15, 0.2) is 23.3 Å². The SMILES string of the molecule is Fc1c(F)c(C(F)(F)C2(F)C3C4C=CC(C4)C3C2(F)F)c(F)c(F)c1I. The predicted octanol–water partition coefficient (Wildman–Crippen LogP) is 5.73. The van der Waals surface area contributed by atoms with E-state index in [1.165, 1.54) is 12.2 Å². The van der Waals surface area contributed by atoms with Crippen molar-refractivity contribution in [3.05, 3.63) is 44.6 Å². The first-order valence-electron chi connectivity index (χ1n) is 7.53. The van der Waals surface area contributed by atoms with Crippen LogP contribution in [0.3, 0.4) is 0 Å². The number of rotatable bonds is 2. The number of halogens is 10. The molecule has 26 heavy (non-hydrogen) atoms. The van der Waals surface area contributed by atoms with E-state index in [-0.39, 0.29) is 6.42 Å². The van der Waals surface area contributed by atoms with Crippen LogP contribution in [0.15, 0.2) is 12.2 Å². The fourth-order valence-electron chi connectivity index (χ4n) is 4.71. The van der Waals surface area contributed by atoms with Crippen molar-refractivity contribution in [2.75, 3.05) is 0 Å². The minimum Gasteiger partial charge on any atom is -0.230 e. The van der Waals surface area contributed by atoms with Crippen molar-refractivity contribution >= 4 is 22.6 Å². The van der Waals surface area contributed by atoms with E-state index < -0.39 is 73.6 Å². The zero-order chi connectivity index (χ0) is 19.4. The maximum atomic E-state index is 15.2. The molecule has 2 bridgehead atoms. The van der Waals surface area contributed by atoms with Gasteiger partial charge in [-0.25, -0.2) is 30.7 Å².